The van der Waals surface area contributed by atoms with Crippen molar-refractivity contribution in [3.63, 3.8) is 0 Å². The molecule has 12 heteroatoms. The number of likely N-dealkylation sites (tertiary alicyclic amines) is 1. The molecule has 2 aromatic carbocycles. The lowest BCUT2D eigenvalue weighted by Crippen LogP contribution is -2.36. The molecule has 0 atom stereocenters. The maximum atomic E-state index is 13.7. The van der Waals surface area contributed by atoms with Crippen LogP contribution in [0, 0.1) is 0 Å². The van der Waals surface area contributed by atoms with Gasteiger partial charge in [0.1, 0.15) is 11.9 Å². The van der Waals surface area contributed by atoms with Gasteiger partial charge in [0.25, 0.3) is 5.91 Å². The zero-order valence-corrected chi connectivity index (χ0v) is 26.1. The second-order valence-corrected chi connectivity index (χ2v) is 11.4. The topological polar surface area (TPSA) is 118 Å². The SMILES string of the molecule is CCc1c(-c2ccc(-n3c(OC4CCN(C)CC4)nn(C)c3=O)cc2)ccnc1N1CCN(c2cccc(C(=O)NC)c2)C1=O. The monoisotopic (exact) mass is 610 g/mol. The van der Waals surface area contributed by atoms with Crippen molar-refractivity contribution in [2.75, 3.05) is 50.1 Å². The number of urea groups is 1. The molecule has 1 N–H and O–H groups in total. The number of hydrogen-bond donors (Lipinski definition) is 1. The molecule has 6 rings (SSSR count). The molecule has 0 radical (unpaired) electrons. The minimum Gasteiger partial charge on any atom is -0.460 e. The highest BCUT2D eigenvalue weighted by atomic mass is 16.5. The summed E-state index contributed by atoms with van der Waals surface area (Å²) in [5, 5.41) is 7.01. The van der Waals surface area contributed by atoms with Crippen LogP contribution in [0.3, 0.4) is 0 Å². The number of hydrogen-bond acceptors (Lipinski definition) is 7. The van der Waals surface area contributed by atoms with Crippen molar-refractivity contribution < 1.29 is 14.3 Å². The van der Waals surface area contributed by atoms with Crippen LogP contribution in [0.5, 0.6) is 6.01 Å². The number of piperidine rings is 1. The van der Waals surface area contributed by atoms with Crippen LogP contribution in [0.4, 0.5) is 16.3 Å². The van der Waals surface area contributed by atoms with Crippen molar-refractivity contribution in [3.05, 3.63) is 82.4 Å². The number of aryl methyl sites for hydroxylation is 1. The van der Waals surface area contributed by atoms with Crippen molar-refractivity contribution in [1.82, 2.24) is 29.5 Å². The molecule has 2 fully saturated rings. The maximum absolute atomic E-state index is 13.7. The molecular weight excluding hydrogens is 572 g/mol. The lowest BCUT2D eigenvalue weighted by Gasteiger charge is -2.28. The second-order valence-electron chi connectivity index (χ2n) is 11.4. The summed E-state index contributed by atoms with van der Waals surface area (Å²) >= 11 is 0. The fourth-order valence-corrected chi connectivity index (χ4v) is 6.05. The van der Waals surface area contributed by atoms with Crippen LogP contribution >= 0.6 is 0 Å². The third-order valence-corrected chi connectivity index (χ3v) is 8.57. The first-order valence-corrected chi connectivity index (χ1v) is 15.3. The number of benzene rings is 2. The van der Waals surface area contributed by atoms with E-state index in [1.807, 2.05) is 43.3 Å². The van der Waals surface area contributed by atoms with Gasteiger partial charge in [-0.15, -0.1) is 5.10 Å². The summed E-state index contributed by atoms with van der Waals surface area (Å²) in [6.07, 6.45) is 4.15. The predicted molar refractivity (Wildman–Crippen MR) is 172 cm³/mol. The maximum Gasteiger partial charge on any atom is 0.353 e. The average Bonchev–Trinajstić information content (AvgIpc) is 3.58. The highest BCUT2D eigenvalue weighted by Crippen LogP contribution is 2.34. The normalized spacial score (nSPS) is 16.0. The molecule has 4 heterocycles. The number of amides is 3. The molecule has 4 aromatic rings. The van der Waals surface area contributed by atoms with Crippen molar-refractivity contribution in [3.8, 4) is 22.8 Å². The van der Waals surface area contributed by atoms with E-state index < -0.39 is 0 Å². The van der Waals surface area contributed by atoms with Gasteiger partial charge in [-0.2, -0.15) is 0 Å². The number of ether oxygens (including phenoxy) is 1. The number of pyridine rings is 1. The molecule has 2 aliphatic rings. The van der Waals surface area contributed by atoms with E-state index in [0.717, 1.165) is 42.6 Å². The zero-order valence-electron chi connectivity index (χ0n) is 26.1. The van der Waals surface area contributed by atoms with Crippen LogP contribution in [-0.4, -0.2) is 82.5 Å². The molecule has 0 aliphatic carbocycles. The first-order valence-electron chi connectivity index (χ1n) is 15.3. The van der Waals surface area contributed by atoms with Gasteiger partial charge in [0.15, 0.2) is 0 Å². The minimum atomic E-state index is -0.274. The Balaban J connectivity index is 1.26. The van der Waals surface area contributed by atoms with Gasteiger partial charge in [0.2, 0.25) is 0 Å². The molecule has 12 nitrogen and oxygen atoms in total. The lowest BCUT2D eigenvalue weighted by molar-refractivity contribution is 0.0963. The number of carbonyl (C=O) groups is 2. The standard InChI is InChI=1S/C33H38N8O4/c1-5-27-28(13-16-35-29(27)40-20-19-39(33(40)44)25-8-6-7-23(21-25)30(42)34-2)22-9-11-24(12-10-22)41-31(36-38(4)32(41)43)45-26-14-17-37(3)18-15-26/h6-13,16,21,26H,5,14-15,17-20H2,1-4H3,(H,34,42). The fourth-order valence-electron chi connectivity index (χ4n) is 6.05. The number of nitrogens with one attached hydrogen (secondary N) is 1. The third kappa shape index (κ3) is 5.80. The van der Waals surface area contributed by atoms with Gasteiger partial charge in [-0.1, -0.05) is 25.1 Å². The van der Waals surface area contributed by atoms with Gasteiger partial charge in [-0.3, -0.25) is 14.6 Å². The fraction of sp³-hybridized carbons (Fsp3) is 0.364. The summed E-state index contributed by atoms with van der Waals surface area (Å²) in [5.74, 6) is 0.412. The smallest absolute Gasteiger partial charge is 0.353 e. The van der Waals surface area contributed by atoms with Crippen LogP contribution in [0.2, 0.25) is 0 Å². The van der Waals surface area contributed by atoms with Gasteiger partial charge >= 0.3 is 17.7 Å². The Morgan fingerprint density at radius 2 is 1.69 bits per heavy atom. The predicted octanol–water partition coefficient (Wildman–Crippen LogP) is 3.47. The van der Waals surface area contributed by atoms with E-state index in [9.17, 15) is 14.4 Å². The molecule has 2 saturated heterocycles. The Morgan fingerprint density at radius 3 is 2.40 bits per heavy atom. The molecule has 3 amide bonds. The Labute approximate surface area is 261 Å². The van der Waals surface area contributed by atoms with Crippen molar-refractivity contribution >= 4 is 23.4 Å². The number of anilines is 2. The molecule has 0 bridgehead atoms. The van der Waals surface area contributed by atoms with Crippen molar-refractivity contribution in [1.29, 1.82) is 0 Å². The van der Waals surface area contributed by atoms with E-state index in [4.69, 9.17) is 4.74 Å². The minimum absolute atomic E-state index is 0.00683. The van der Waals surface area contributed by atoms with E-state index in [-0.39, 0.29) is 23.7 Å². The van der Waals surface area contributed by atoms with Gasteiger partial charge < -0.3 is 15.0 Å². The summed E-state index contributed by atoms with van der Waals surface area (Å²) in [6.45, 7) is 4.87. The van der Waals surface area contributed by atoms with Crippen molar-refractivity contribution in [2.24, 2.45) is 7.05 Å². The second kappa shape index (κ2) is 12.6. The van der Waals surface area contributed by atoms with E-state index in [0.29, 0.717) is 48.3 Å². The first kappa shape index (κ1) is 30.1. The Kier molecular flexibility index (Phi) is 8.40. The summed E-state index contributed by atoms with van der Waals surface area (Å²) in [5.41, 5.74) is 4.40. The van der Waals surface area contributed by atoms with Crippen molar-refractivity contribution in [2.45, 2.75) is 32.3 Å². The molecule has 0 unspecified atom stereocenters. The summed E-state index contributed by atoms with van der Waals surface area (Å²) in [4.78, 5) is 49.2. The Bertz CT molecular complexity index is 1770. The van der Waals surface area contributed by atoms with E-state index in [1.54, 1.807) is 48.3 Å². The molecule has 234 valence electrons. The molecule has 0 spiro atoms. The van der Waals surface area contributed by atoms with Gasteiger partial charge in [0.05, 0.1) is 5.69 Å². The Hall–Kier alpha value is -4.97. The highest BCUT2D eigenvalue weighted by Gasteiger charge is 2.33. The van der Waals surface area contributed by atoms with E-state index in [2.05, 4.69) is 27.3 Å². The largest absolute Gasteiger partial charge is 0.460 e. The number of aromatic nitrogens is 4. The zero-order chi connectivity index (χ0) is 31.7. The van der Waals surface area contributed by atoms with Gasteiger partial charge in [-0.25, -0.2) is 23.8 Å². The van der Waals surface area contributed by atoms with Crippen LogP contribution in [0.1, 0.15) is 35.7 Å². The van der Waals surface area contributed by atoms with Crippen LogP contribution in [0.15, 0.2) is 65.6 Å². The molecule has 2 aromatic heterocycles. The molecule has 2 aliphatic heterocycles. The van der Waals surface area contributed by atoms with E-state index in [1.165, 1.54) is 9.25 Å². The third-order valence-electron chi connectivity index (χ3n) is 8.57. The van der Waals surface area contributed by atoms with E-state index >= 15 is 0 Å². The summed E-state index contributed by atoms with van der Waals surface area (Å²) in [6, 6.07) is 16.8. The quantitative estimate of drug-likeness (QED) is 0.325. The van der Waals surface area contributed by atoms with Crippen LogP contribution < -0.4 is 25.5 Å². The lowest BCUT2D eigenvalue weighted by atomic mass is 9.98. The average molecular weight is 611 g/mol. The first-order chi connectivity index (χ1) is 21.8. The molecule has 45 heavy (non-hydrogen) atoms. The van der Waals surface area contributed by atoms with Crippen LogP contribution in [0.25, 0.3) is 16.8 Å². The van der Waals surface area contributed by atoms with Gasteiger partial charge in [-0.05, 0) is 73.8 Å². The number of rotatable bonds is 8. The van der Waals surface area contributed by atoms with Gasteiger partial charge in [0, 0.05) is 63.3 Å². The van der Waals surface area contributed by atoms with Crippen LogP contribution in [-0.2, 0) is 13.5 Å². The Morgan fingerprint density at radius 1 is 0.956 bits per heavy atom. The number of nitrogens with zero attached hydrogens (tertiary/aromatic N) is 7. The molecular formula is C33H38N8O4. The highest BCUT2D eigenvalue weighted by molar-refractivity contribution is 6.07. The number of carbonyl (C=O) groups excluding carboxylic acids is 2. The molecule has 0 saturated carbocycles. The summed E-state index contributed by atoms with van der Waals surface area (Å²) in [7, 11) is 5.30. The summed E-state index contributed by atoms with van der Waals surface area (Å²) < 4.78 is 9.03.